The van der Waals surface area contributed by atoms with Crippen LogP contribution in [0.4, 0.5) is 5.69 Å². The predicted octanol–water partition coefficient (Wildman–Crippen LogP) is 3.46. The lowest BCUT2D eigenvalue weighted by Crippen LogP contribution is -2.40. The number of pyridine rings is 1. The zero-order chi connectivity index (χ0) is 17.2. The third-order valence-electron chi connectivity index (χ3n) is 4.13. The first-order valence-corrected chi connectivity index (χ1v) is 8.19. The number of benzene rings is 1. The molecule has 134 valence electrons. The summed E-state index contributed by atoms with van der Waals surface area (Å²) in [5.74, 6) is 0.726. The highest BCUT2D eigenvalue weighted by atomic mass is 16.5. The Balaban J connectivity index is 0.00000196. The number of amides is 1. The fourth-order valence-electron chi connectivity index (χ4n) is 2.92. The summed E-state index contributed by atoms with van der Waals surface area (Å²) < 4.78 is 7.48. The van der Waals surface area contributed by atoms with E-state index in [-0.39, 0.29) is 13.3 Å². The zero-order valence-corrected chi connectivity index (χ0v) is 13.9. The highest BCUT2D eigenvalue weighted by Crippen LogP contribution is 2.22. The van der Waals surface area contributed by atoms with Gasteiger partial charge in [-0.1, -0.05) is 25.6 Å². The minimum absolute atomic E-state index is 0. The van der Waals surface area contributed by atoms with Crippen molar-refractivity contribution in [2.24, 2.45) is 0 Å². The van der Waals surface area contributed by atoms with Gasteiger partial charge in [-0.2, -0.15) is 5.10 Å². The van der Waals surface area contributed by atoms with Crippen molar-refractivity contribution < 1.29 is 9.53 Å². The highest BCUT2D eigenvalue weighted by molar-refractivity contribution is 6.05. The van der Waals surface area contributed by atoms with Crippen LogP contribution in [0.5, 0.6) is 5.75 Å². The third kappa shape index (κ3) is 3.44. The molecule has 0 aliphatic carbocycles. The third-order valence-corrected chi connectivity index (χ3v) is 4.13. The average Bonchev–Trinajstić information content (AvgIpc) is 3.05. The fraction of sp³-hybridized carbons (Fsp3) is 0.250. The molecule has 1 aromatic carbocycles. The molecule has 0 radical (unpaired) electrons. The summed E-state index contributed by atoms with van der Waals surface area (Å²) in [5, 5.41) is 4.49. The number of carbonyl (C=O) groups is 1. The number of para-hydroxylation sites is 1. The lowest BCUT2D eigenvalue weighted by atomic mass is 10.2. The van der Waals surface area contributed by atoms with Crippen molar-refractivity contribution in [2.75, 3.05) is 11.4 Å². The number of aryl methyl sites for hydroxylation is 1. The molecule has 2 aromatic heterocycles. The maximum Gasteiger partial charge on any atom is 0.276 e. The lowest BCUT2D eigenvalue weighted by Gasteiger charge is -2.27. The molecule has 1 amide bonds. The Hall–Kier alpha value is -3.15. The van der Waals surface area contributed by atoms with E-state index in [0.717, 1.165) is 22.7 Å². The molecule has 6 nitrogen and oxygen atoms in total. The van der Waals surface area contributed by atoms with E-state index in [2.05, 4.69) is 10.1 Å². The predicted molar refractivity (Wildman–Crippen MR) is 100 cm³/mol. The Morgan fingerprint density at radius 3 is 2.69 bits per heavy atom. The van der Waals surface area contributed by atoms with Crippen LogP contribution in [-0.4, -0.2) is 27.2 Å². The molecule has 1 aliphatic heterocycles. The molecule has 4 rings (SSSR count). The lowest BCUT2D eigenvalue weighted by molar-refractivity contribution is 0.0962. The van der Waals surface area contributed by atoms with E-state index in [4.69, 9.17) is 4.74 Å². The first kappa shape index (κ1) is 17.7. The van der Waals surface area contributed by atoms with Crippen LogP contribution in [0.25, 0.3) is 0 Å². The normalized spacial score (nSPS) is 13.1. The van der Waals surface area contributed by atoms with Gasteiger partial charge < -0.3 is 9.64 Å². The topological polar surface area (TPSA) is 60.3 Å². The summed E-state index contributed by atoms with van der Waals surface area (Å²) in [6, 6.07) is 13.4. The number of aromatic nitrogens is 3. The van der Waals surface area contributed by atoms with E-state index in [1.54, 1.807) is 28.0 Å². The van der Waals surface area contributed by atoms with Gasteiger partial charge in [0, 0.05) is 12.7 Å². The number of nitrogens with zero attached hydrogens (tertiary/aromatic N) is 4. The van der Waals surface area contributed by atoms with Gasteiger partial charge in [-0.15, -0.1) is 0 Å². The minimum Gasteiger partial charge on any atom is -0.487 e. The molecule has 1 aliphatic rings. The second-order valence-electron chi connectivity index (χ2n) is 6.02. The smallest absolute Gasteiger partial charge is 0.276 e. The van der Waals surface area contributed by atoms with E-state index in [1.807, 2.05) is 43.3 Å². The Morgan fingerprint density at radius 2 is 1.92 bits per heavy atom. The number of fused-ring (bicyclic) bond motifs is 1. The molecule has 26 heavy (non-hydrogen) atoms. The van der Waals surface area contributed by atoms with Crippen LogP contribution in [0.3, 0.4) is 0 Å². The van der Waals surface area contributed by atoms with Crippen molar-refractivity contribution in [1.82, 2.24) is 14.8 Å². The van der Waals surface area contributed by atoms with Crippen molar-refractivity contribution in [3.05, 3.63) is 71.8 Å². The quantitative estimate of drug-likeness (QED) is 0.723. The average molecular weight is 350 g/mol. The number of anilines is 1. The van der Waals surface area contributed by atoms with Crippen molar-refractivity contribution in [2.45, 2.75) is 27.5 Å². The molecule has 0 atom stereocenters. The maximum atomic E-state index is 12.8. The van der Waals surface area contributed by atoms with Crippen LogP contribution in [0.1, 0.15) is 29.2 Å². The first-order chi connectivity index (χ1) is 12.2. The van der Waals surface area contributed by atoms with E-state index < -0.39 is 0 Å². The molecule has 0 N–H and O–H groups in total. The molecule has 0 spiro atoms. The summed E-state index contributed by atoms with van der Waals surface area (Å²) in [6.07, 6.45) is 3.50. The standard InChI is InChI=1S/C19H18N4O2.CH4/c1-14-9-16(12-20-11-14)22-7-8-23-18(19(22)24)10-15(21-23)13-25-17-5-3-2-4-6-17;/h2-6,9-12H,7-8,13H2,1H3;1H4. The van der Waals surface area contributed by atoms with Gasteiger partial charge in [-0.05, 0) is 36.8 Å². The summed E-state index contributed by atoms with van der Waals surface area (Å²) in [6.45, 7) is 3.54. The van der Waals surface area contributed by atoms with Gasteiger partial charge in [0.05, 0.1) is 18.4 Å². The van der Waals surface area contributed by atoms with Gasteiger partial charge >= 0.3 is 0 Å². The molecule has 6 heteroatoms. The minimum atomic E-state index is -0.0582. The van der Waals surface area contributed by atoms with Crippen LogP contribution < -0.4 is 9.64 Å². The number of rotatable bonds is 4. The van der Waals surface area contributed by atoms with Gasteiger partial charge in [0.1, 0.15) is 23.7 Å². The second-order valence-corrected chi connectivity index (χ2v) is 6.02. The number of ether oxygens (including phenoxy) is 1. The second kappa shape index (κ2) is 7.39. The Morgan fingerprint density at radius 1 is 1.12 bits per heavy atom. The number of carbonyl (C=O) groups excluding carboxylic acids is 1. The Bertz CT molecular complexity index is 905. The van der Waals surface area contributed by atoms with Gasteiger partial charge in [0.15, 0.2) is 0 Å². The largest absolute Gasteiger partial charge is 0.487 e. The molecule has 3 heterocycles. The van der Waals surface area contributed by atoms with Crippen molar-refractivity contribution >= 4 is 11.6 Å². The van der Waals surface area contributed by atoms with Crippen LogP contribution in [-0.2, 0) is 13.2 Å². The molecule has 0 unspecified atom stereocenters. The summed E-state index contributed by atoms with van der Waals surface area (Å²) in [4.78, 5) is 18.7. The molecule has 0 fully saturated rings. The monoisotopic (exact) mass is 350 g/mol. The molecule has 0 saturated heterocycles. The molecule has 3 aromatic rings. The molecule has 0 bridgehead atoms. The fourth-order valence-corrected chi connectivity index (χ4v) is 2.92. The first-order valence-electron chi connectivity index (χ1n) is 8.19. The SMILES string of the molecule is C.Cc1cncc(N2CCn3nc(COc4ccccc4)cc3C2=O)c1. The molecular weight excluding hydrogens is 328 g/mol. The Labute approximate surface area is 153 Å². The van der Waals surface area contributed by atoms with Gasteiger partial charge in [-0.25, -0.2) is 0 Å². The molecular formula is C20H22N4O2. The number of hydrogen-bond acceptors (Lipinski definition) is 4. The van der Waals surface area contributed by atoms with Crippen molar-refractivity contribution in [3.8, 4) is 5.75 Å². The van der Waals surface area contributed by atoms with Gasteiger partial charge in [-0.3, -0.25) is 14.5 Å². The van der Waals surface area contributed by atoms with E-state index in [1.165, 1.54) is 0 Å². The van der Waals surface area contributed by atoms with E-state index >= 15 is 0 Å². The van der Waals surface area contributed by atoms with Crippen LogP contribution in [0.15, 0.2) is 54.9 Å². The summed E-state index contributed by atoms with van der Waals surface area (Å²) in [7, 11) is 0. The van der Waals surface area contributed by atoms with Crippen LogP contribution in [0, 0.1) is 6.92 Å². The van der Waals surface area contributed by atoms with E-state index in [9.17, 15) is 4.79 Å². The summed E-state index contributed by atoms with van der Waals surface area (Å²) in [5.41, 5.74) is 3.18. The van der Waals surface area contributed by atoms with Crippen LogP contribution in [0.2, 0.25) is 0 Å². The van der Waals surface area contributed by atoms with Gasteiger partial charge in [0.2, 0.25) is 0 Å². The van der Waals surface area contributed by atoms with Crippen LogP contribution >= 0.6 is 0 Å². The molecule has 0 saturated carbocycles. The maximum absolute atomic E-state index is 12.8. The van der Waals surface area contributed by atoms with Crippen molar-refractivity contribution in [1.29, 1.82) is 0 Å². The summed E-state index contributed by atoms with van der Waals surface area (Å²) >= 11 is 0. The van der Waals surface area contributed by atoms with Crippen molar-refractivity contribution in [3.63, 3.8) is 0 Å². The zero-order valence-electron chi connectivity index (χ0n) is 13.9. The van der Waals surface area contributed by atoms with E-state index in [0.29, 0.717) is 25.4 Å². The Kier molecular flexibility index (Phi) is 5.02. The number of hydrogen-bond donors (Lipinski definition) is 0. The van der Waals surface area contributed by atoms with Gasteiger partial charge in [0.25, 0.3) is 5.91 Å². The highest BCUT2D eigenvalue weighted by Gasteiger charge is 2.27.